The van der Waals surface area contributed by atoms with Crippen LogP contribution in [0.15, 0.2) is 10.7 Å². The zero-order chi connectivity index (χ0) is 10.0. The minimum absolute atomic E-state index is 0.0117. The SMILES string of the molecule is Cc1c(C(F)F)cc(Br)nc1CN. The quantitative estimate of drug-likeness (QED) is 0.820. The van der Waals surface area contributed by atoms with E-state index in [1.807, 2.05) is 0 Å². The van der Waals surface area contributed by atoms with E-state index in [0.717, 1.165) is 0 Å². The highest BCUT2D eigenvalue weighted by Crippen LogP contribution is 2.26. The van der Waals surface area contributed by atoms with Crippen LogP contribution in [0.4, 0.5) is 8.78 Å². The zero-order valence-corrected chi connectivity index (χ0v) is 8.61. The molecule has 5 heteroatoms. The van der Waals surface area contributed by atoms with Gasteiger partial charge >= 0.3 is 0 Å². The van der Waals surface area contributed by atoms with Gasteiger partial charge in [0.2, 0.25) is 0 Å². The highest BCUT2D eigenvalue weighted by atomic mass is 79.9. The van der Waals surface area contributed by atoms with Crippen LogP contribution in [0.2, 0.25) is 0 Å². The van der Waals surface area contributed by atoms with Crippen molar-refractivity contribution in [3.8, 4) is 0 Å². The van der Waals surface area contributed by atoms with E-state index in [1.165, 1.54) is 6.07 Å². The molecule has 0 saturated carbocycles. The van der Waals surface area contributed by atoms with E-state index < -0.39 is 6.43 Å². The molecule has 0 atom stereocenters. The standard InChI is InChI=1S/C8H9BrF2N2/c1-4-5(8(10)11)2-7(9)13-6(4)3-12/h2,8H,3,12H2,1H3. The van der Waals surface area contributed by atoms with E-state index in [9.17, 15) is 8.78 Å². The van der Waals surface area contributed by atoms with Gasteiger partial charge in [-0.05, 0) is 34.5 Å². The van der Waals surface area contributed by atoms with Gasteiger partial charge < -0.3 is 5.73 Å². The van der Waals surface area contributed by atoms with Gasteiger partial charge in [-0.3, -0.25) is 0 Å². The summed E-state index contributed by atoms with van der Waals surface area (Å²) in [5, 5.41) is 0. The average Bonchev–Trinajstić information content (AvgIpc) is 2.08. The maximum absolute atomic E-state index is 12.4. The van der Waals surface area contributed by atoms with E-state index in [4.69, 9.17) is 5.73 Å². The molecular weight excluding hydrogens is 242 g/mol. The zero-order valence-electron chi connectivity index (χ0n) is 7.02. The summed E-state index contributed by atoms with van der Waals surface area (Å²) in [4.78, 5) is 3.99. The molecule has 2 N–H and O–H groups in total. The molecule has 72 valence electrons. The van der Waals surface area contributed by atoms with Gasteiger partial charge in [0.1, 0.15) is 4.60 Å². The molecule has 0 spiro atoms. The van der Waals surface area contributed by atoms with Crippen LogP contribution < -0.4 is 5.73 Å². The Morgan fingerprint density at radius 2 is 2.23 bits per heavy atom. The molecule has 0 fully saturated rings. The molecule has 1 aromatic rings. The molecule has 1 heterocycles. The maximum Gasteiger partial charge on any atom is 0.264 e. The Hall–Kier alpha value is -0.550. The molecule has 0 aliphatic rings. The molecule has 0 amide bonds. The number of nitrogens with two attached hydrogens (primary N) is 1. The van der Waals surface area contributed by atoms with Crippen LogP contribution in [-0.4, -0.2) is 4.98 Å². The van der Waals surface area contributed by atoms with Crippen LogP contribution in [-0.2, 0) is 6.54 Å². The second kappa shape index (κ2) is 4.11. The lowest BCUT2D eigenvalue weighted by Crippen LogP contribution is -2.05. The van der Waals surface area contributed by atoms with Crippen molar-refractivity contribution in [2.24, 2.45) is 5.73 Å². The summed E-state index contributed by atoms with van der Waals surface area (Å²) in [7, 11) is 0. The van der Waals surface area contributed by atoms with E-state index >= 15 is 0 Å². The van der Waals surface area contributed by atoms with E-state index in [-0.39, 0.29) is 12.1 Å². The van der Waals surface area contributed by atoms with Crippen molar-refractivity contribution < 1.29 is 8.78 Å². The summed E-state index contributed by atoms with van der Waals surface area (Å²) in [6.45, 7) is 1.77. The Balaban J connectivity index is 3.27. The van der Waals surface area contributed by atoms with Gasteiger partial charge in [-0.2, -0.15) is 0 Å². The molecule has 0 radical (unpaired) electrons. The third-order valence-electron chi connectivity index (χ3n) is 1.81. The van der Waals surface area contributed by atoms with Crippen molar-refractivity contribution in [1.29, 1.82) is 0 Å². The third-order valence-corrected chi connectivity index (χ3v) is 2.22. The predicted molar refractivity (Wildman–Crippen MR) is 49.5 cm³/mol. The van der Waals surface area contributed by atoms with Crippen LogP contribution in [0.3, 0.4) is 0 Å². The first kappa shape index (κ1) is 10.5. The van der Waals surface area contributed by atoms with Crippen molar-refractivity contribution in [2.45, 2.75) is 19.9 Å². The molecule has 1 rings (SSSR count). The number of hydrogen-bond donors (Lipinski definition) is 1. The molecular formula is C8H9BrF2N2. The van der Waals surface area contributed by atoms with Gasteiger partial charge in [-0.1, -0.05) is 0 Å². The van der Waals surface area contributed by atoms with Crippen molar-refractivity contribution in [1.82, 2.24) is 4.98 Å². The largest absolute Gasteiger partial charge is 0.325 e. The molecule has 0 bridgehead atoms. The van der Waals surface area contributed by atoms with Crippen molar-refractivity contribution >= 4 is 15.9 Å². The summed E-state index contributed by atoms with van der Waals surface area (Å²) in [5.41, 5.74) is 6.33. The minimum atomic E-state index is -2.48. The number of nitrogens with zero attached hydrogens (tertiary/aromatic N) is 1. The Bertz CT molecular complexity index is 315. The summed E-state index contributed by atoms with van der Waals surface area (Å²) in [5.74, 6) is 0. The molecule has 0 saturated heterocycles. The Morgan fingerprint density at radius 3 is 2.69 bits per heavy atom. The van der Waals surface area contributed by atoms with Gasteiger partial charge in [0.25, 0.3) is 6.43 Å². The lowest BCUT2D eigenvalue weighted by molar-refractivity contribution is 0.150. The topological polar surface area (TPSA) is 38.9 Å². The number of alkyl halides is 2. The van der Waals surface area contributed by atoms with E-state index in [1.54, 1.807) is 6.92 Å². The van der Waals surface area contributed by atoms with Gasteiger partial charge in [0, 0.05) is 12.1 Å². The first-order valence-corrected chi connectivity index (χ1v) is 4.49. The number of aromatic nitrogens is 1. The molecule has 0 aliphatic carbocycles. The summed E-state index contributed by atoms with van der Waals surface area (Å²) in [6.07, 6.45) is -2.48. The van der Waals surface area contributed by atoms with Gasteiger partial charge in [-0.15, -0.1) is 0 Å². The van der Waals surface area contributed by atoms with Gasteiger partial charge in [-0.25, -0.2) is 13.8 Å². The summed E-state index contributed by atoms with van der Waals surface area (Å²) < 4.78 is 25.3. The fourth-order valence-electron chi connectivity index (χ4n) is 1.07. The second-order valence-electron chi connectivity index (χ2n) is 2.61. The number of hydrogen-bond acceptors (Lipinski definition) is 2. The van der Waals surface area contributed by atoms with Crippen LogP contribution in [0.5, 0.6) is 0 Å². The van der Waals surface area contributed by atoms with E-state index in [0.29, 0.717) is 15.9 Å². The highest BCUT2D eigenvalue weighted by Gasteiger charge is 2.14. The number of pyridine rings is 1. The van der Waals surface area contributed by atoms with Crippen molar-refractivity contribution in [3.05, 3.63) is 27.5 Å². The second-order valence-corrected chi connectivity index (χ2v) is 3.42. The fraction of sp³-hybridized carbons (Fsp3) is 0.375. The predicted octanol–water partition coefficient (Wildman–Crippen LogP) is 2.55. The summed E-state index contributed by atoms with van der Waals surface area (Å²) in [6, 6.07) is 1.32. The third kappa shape index (κ3) is 2.22. The van der Waals surface area contributed by atoms with Gasteiger partial charge in [0.15, 0.2) is 0 Å². The molecule has 13 heavy (non-hydrogen) atoms. The molecule has 0 aliphatic heterocycles. The minimum Gasteiger partial charge on any atom is -0.325 e. The first-order chi connectivity index (χ1) is 6.06. The van der Waals surface area contributed by atoms with Crippen LogP contribution in [0, 0.1) is 6.92 Å². The van der Waals surface area contributed by atoms with Crippen molar-refractivity contribution in [2.75, 3.05) is 0 Å². The first-order valence-electron chi connectivity index (χ1n) is 3.70. The molecule has 0 unspecified atom stereocenters. The smallest absolute Gasteiger partial charge is 0.264 e. The monoisotopic (exact) mass is 250 g/mol. The Kier molecular flexibility index (Phi) is 3.33. The Morgan fingerprint density at radius 1 is 1.62 bits per heavy atom. The van der Waals surface area contributed by atoms with Crippen molar-refractivity contribution in [3.63, 3.8) is 0 Å². The lowest BCUT2D eigenvalue weighted by Gasteiger charge is -2.09. The van der Waals surface area contributed by atoms with Crippen LogP contribution >= 0.6 is 15.9 Å². The maximum atomic E-state index is 12.4. The normalized spacial score (nSPS) is 10.9. The Labute approximate surface area is 83.3 Å². The highest BCUT2D eigenvalue weighted by molar-refractivity contribution is 9.10. The molecule has 0 aromatic carbocycles. The van der Waals surface area contributed by atoms with Crippen LogP contribution in [0.25, 0.3) is 0 Å². The summed E-state index contributed by atoms with van der Waals surface area (Å²) >= 11 is 3.06. The van der Waals surface area contributed by atoms with E-state index in [2.05, 4.69) is 20.9 Å². The van der Waals surface area contributed by atoms with Gasteiger partial charge in [0.05, 0.1) is 5.69 Å². The molecule has 1 aromatic heterocycles. The average molecular weight is 251 g/mol. The van der Waals surface area contributed by atoms with Crippen LogP contribution in [0.1, 0.15) is 23.2 Å². The number of rotatable bonds is 2. The lowest BCUT2D eigenvalue weighted by atomic mass is 10.1. The molecule has 2 nitrogen and oxygen atoms in total. The number of halogens is 3. The fourth-order valence-corrected chi connectivity index (χ4v) is 1.53.